The zero-order chi connectivity index (χ0) is 26.1. The summed E-state index contributed by atoms with van der Waals surface area (Å²) in [5.41, 5.74) is 3.00. The quantitative estimate of drug-likeness (QED) is 0.338. The number of carbonyl (C=O) groups is 2. The lowest BCUT2D eigenvalue weighted by Crippen LogP contribution is -2.48. The Morgan fingerprint density at radius 1 is 1.27 bits per heavy atom. The van der Waals surface area contributed by atoms with Gasteiger partial charge in [-0.25, -0.2) is 0 Å². The molecule has 0 aliphatic carbocycles. The van der Waals surface area contributed by atoms with Crippen molar-refractivity contribution in [1.82, 2.24) is 15.2 Å². The Kier molecular flexibility index (Phi) is 6.88. The van der Waals surface area contributed by atoms with Crippen molar-refractivity contribution >= 4 is 34.8 Å². The van der Waals surface area contributed by atoms with Gasteiger partial charge in [0.05, 0.1) is 22.9 Å². The van der Waals surface area contributed by atoms with Crippen LogP contribution in [-0.2, 0) is 4.74 Å². The highest BCUT2D eigenvalue weighted by Crippen LogP contribution is 2.33. The summed E-state index contributed by atoms with van der Waals surface area (Å²) in [5.74, 6) is 1.58. The van der Waals surface area contributed by atoms with Gasteiger partial charge >= 0.3 is 0 Å². The number of furan rings is 1. The molecular weight excluding hydrogens is 472 g/mol. The fourth-order valence-corrected chi connectivity index (χ4v) is 5.46. The summed E-state index contributed by atoms with van der Waals surface area (Å²) in [6.45, 7) is 5.84. The van der Waals surface area contributed by atoms with E-state index in [1.807, 2.05) is 11.8 Å². The standard InChI is InChI=1S/C28H32N4O5/c1-16-21(28(34)32-11-9-22-18(15-32)5-4-12-35-22)14-31-26(16)23(8-10-29)37-19-6-7-20-24(13-19)36-17(2)25(20)27(33)30-3/h6-8,10,13-14,18,22,29,31H,4-5,9,11-12,15H2,1-3H3,(H,30,33)/b23-8+,29-10?. The molecule has 9 heteroatoms. The van der Waals surface area contributed by atoms with Crippen molar-refractivity contribution < 1.29 is 23.5 Å². The maximum atomic E-state index is 13.4. The van der Waals surface area contributed by atoms with E-state index in [9.17, 15) is 9.59 Å². The number of aromatic nitrogens is 1. The lowest BCUT2D eigenvalue weighted by atomic mass is 9.88. The van der Waals surface area contributed by atoms with E-state index in [-0.39, 0.29) is 17.9 Å². The molecule has 2 unspecified atom stereocenters. The Morgan fingerprint density at radius 2 is 2.11 bits per heavy atom. The first kappa shape index (κ1) is 24.8. The van der Waals surface area contributed by atoms with Crippen LogP contribution in [0.4, 0.5) is 0 Å². The SMILES string of the molecule is CNC(=O)c1c(C)oc2cc(O/C(=C/C=N)c3[nH]cc(C(=O)N4CCC5OCCCC5C4)c3C)ccc12. The first-order valence-corrected chi connectivity index (χ1v) is 12.6. The van der Waals surface area contributed by atoms with E-state index in [0.717, 1.165) is 37.6 Å². The molecule has 2 atom stereocenters. The highest BCUT2D eigenvalue weighted by molar-refractivity contribution is 6.07. The third-order valence-corrected chi connectivity index (χ3v) is 7.37. The van der Waals surface area contributed by atoms with Crippen LogP contribution >= 0.6 is 0 Å². The van der Waals surface area contributed by atoms with Crippen LogP contribution in [0.25, 0.3) is 16.7 Å². The number of likely N-dealkylation sites (tertiary alicyclic amines) is 1. The number of piperidine rings is 1. The minimum absolute atomic E-state index is 0.00700. The van der Waals surface area contributed by atoms with Crippen molar-refractivity contribution in [3.8, 4) is 5.75 Å². The van der Waals surface area contributed by atoms with Gasteiger partial charge in [0.15, 0.2) is 5.76 Å². The fourth-order valence-electron chi connectivity index (χ4n) is 5.46. The smallest absolute Gasteiger partial charge is 0.255 e. The minimum Gasteiger partial charge on any atom is -0.460 e. The molecule has 0 saturated carbocycles. The molecule has 4 heterocycles. The van der Waals surface area contributed by atoms with Crippen molar-refractivity contribution in [3.63, 3.8) is 0 Å². The molecular formula is C28H32N4O5. The van der Waals surface area contributed by atoms with Crippen LogP contribution in [0.1, 0.15) is 57.0 Å². The first-order valence-electron chi connectivity index (χ1n) is 12.6. The third kappa shape index (κ3) is 4.67. The summed E-state index contributed by atoms with van der Waals surface area (Å²) in [6.07, 6.45) is 7.66. The second kappa shape index (κ2) is 10.3. The number of carbonyl (C=O) groups excluding carboxylic acids is 2. The third-order valence-electron chi connectivity index (χ3n) is 7.37. The summed E-state index contributed by atoms with van der Waals surface area (Å²) in [7, 11) is 1.58. The number of ether oxygens (including phenoxy) is 2. The molecule has 1 aromatic carbocycles. The summed E-state index contributed by atoms with van der Waals surface area (Å²) >= 11 is 0. The van der Waals surface area contributed by atoms with Crippen LogP contribution in [0.5, 0.6) is 5.75 Å². The Labute approximate surface area is 215 Å². The number of aromatic amines is 1. The number of allylic oxidation sites excluding steroid dienone is 1. The second-order valence-electron chi connectivity index (χ2n) is 9.62. The fraction of sp³-hybridized carbons (Fsp3) is 0.393. The van der Waals surface area contributed by atoms with Crippen LogP contribution in [0.3, 0.4) is 0 Å². The Morgan fingerprint density at radius 3 is 2.89 bits per heavy atom. The highest BCUT2D eigenvalue weighted by Gasteiger charge is 2.35. The maximum Gasteiger partial charge on any atom is 0.255 e. The largest absolute Gasteiger partial charge is 0.460 e. The van der Waals surface area contributed by atoms with Gasteiger partial charge in [0.2, 0.25) is 0 Å². The van der Waals surface area contributed by atoms with Gasteiger partial charge in [-0.1, -0.05) is 0 Å². The average molecular weight is 505 g/mol. The molecule has 2 aliphatic heterocycles. The lowest BCUT2D eigenvalue weighted by molar-refractivity contribution is -0.0607. The molecule has 2 fully saturated rings. The molecule has 5 rings (SSSR count). The van der Waals surface area contributed by atoms with E-state index in [0.29, 0.717) is 64.1 Å². The molecule has 2 aromatic heterocycles. The van der Waals surface area contributed by atoms with Crippen molar-refractivity contribution in [2.45, 2.75) is 39.2 Å². The minimum atomic E-state index is -0.214. The van der Waals surface area contributed by atoms with Crippen molar-refractivity contribution in [3.05, 3.63) is 58.6 Å². The number of benzene rings is 1. The molecule has 0 bridgehead atoms. The van der Waals surface area contributed by atoms with E-state index < -0.39 is 0 Å². The van der Waals surface area contributed by atoms with Gasteiger partial charge in [-0.15, -0.1) is 0 Å². The summed E-state index contributed by atoms with van der Waals surface area (Å²) in [4.78, 5) is 30.8. The molecule has 2 saturated heterocycles. The van der Waals surface area contributed by atoms with E-state index in [4.69, 9.17) is 19.3 Å². The molecule has 3 N–H and O–H groups in total. The predicted molar refractivity (Wildman–Crippen MR) is 140 cm³/mol. The monoisotopic (exact) mass is 504 g/mol. The Hall–Kier alpha value is -3.85. The Bertz CT molecular complexity index is 1380. The van der Waals surface area contributed by atoms with Crippen LogP contribution in [0.15, 0.2) is 34.9 Å². The number of fused-ring (bicyclic) bond motifs is 2. The Balaban J connectivity index is 1.37. The van der Waals surface area contributed by atoms with E-state index in [2.05, 4.69) is 10.3 Å². The number of amides is 2. The zero-order valence-electron chi connectivity index (χ0n) is 21.3. The van der Waals surface area contributed by atoms with Gasteiger partial charge < -0.3 is 34.5 Å². The van der Waals surface area contributed by atoms with Crippen LogP contribution in [-0.4, -0.2) is 60.8 Å². The molecule has 194 valence electrons. The highest BCUT2D eigenvalue weighted by atomic mass is 16.5. The van der Waals surface area contributed by atoms with Gasteiger partial charge in [-0.2, -0.15) is 0 Å². The topological polar surface area (TPSA) is 121 Å². The number of aryl methyl sites for hydroxylation is 1. The molecule has 0 spiro atoms. The van der Waals surface area contributed by atoms with E-state index >= 15 is 0 Å². The first-order chi connectivity index (χ1) is 17.9. The van der Waals surface area contributed by atoms with Gasteiger partial charge in [0.1, 0.15) is 17.1 Å². The molecule has 2 aliphatic rings. The van der Waals surface area contributed by atoms with E-state index in [1.54, 1.807) is 38.4 Å². The average Bonchev–Trinajstić information content (AvgIpc) is 3.45. The van der Waals surface area contributed by atoms with E-state index in [1.165, 1.54) is 6.08 Å². The number of rotatable bonds is 6. The van der Waals surface area contributed by atoms with Crippen LogP contribution < -0.4 is 10.1 Å². The van der Waals surface area contributed by atoms with Crippen molar-refractivity contribution in [2.75, 3.05) is 26.7 Å². The van der Waals surface area contributed by atoms with Crippen LogP contribution in [0.2, 0.25) is 0 Å². The number of nitrogens with zero attached hydrogens (tertiary/aromatic N) is 1. The van der Waals surface area contributed by atoms with Gasteiger partial charge in [0, 0.05) is 62.6 Å². The summed E-state index contributed by atoms with van der Waals surface area (Å²) in [6, 6.07) is 5.25. The molecule has 2 amide bonds. The molecule has 37 heavy (non-hydrogen) atoms. The zero-order valence-corrected chi connectivity index (χ0v) is 21.3. The van der Waals surface area contributed by atoms with Crippen molar-refractivity contribution in [2.24, 2.45) is 5.92 Å². The van der Waals surface area contributed by atoms with Crippen LogP contribution in [0, 0.1) is 25.2 Å². The molecule has 0 radical (unpaired) electrons. The van der Waals surface area contributed by atoms with Gasteiger partial charge in [-0.05, 0) is 50.8 Å². The molecule has 3 aromatic rings. The predicted octanol–water partition coefficient (Wildman–Crippen LogP) is 4.45. The van der Waals surface area contributed by atoms with Gasteiger partial charge in [-0.3, -0.25) is 9.59 Å². The summed E-state index contributed by atoms with van der Waals surface area (Å²) in [5, 5.41) is 11.0. The van der Waals surface area contributed by atoms with Gasteiger partial charge in [0.25, 0.3) is 11.8 Å². The normalized spacial score (nSPS) is 20.0. The maximum absolute atomic E-state index is 13.4. The second-order valence-corrected chi connectivity index (χ2v) is 9.62. The summed E-state index contributed by atoms with van der Waals surface area (Å²) < 4.78 is 17.8. The number of hydrogen-bond acceptors (Lipinski definition) is 6. The number of nitrogens with one attached hydrogen (secondary N) is 3. The van der Waals surface area contributed by atoms with Crippen molar-refractivity contribution in [1.29, 1.82) is 5.41 Å². The number of hydrogen-bond donors (Lipinski definition) is 3. The number of H-pyrrole nitrogens is 1. The lowest BCUT2D eigenvalue weighted by Gasteiger charge is -2.41. The molecule has 9 nitrogen and oxygen atoms in total.